The number of rotatable bonds is 6. The molecule has 0 saturated carbocycles. The highest BCUT2D eigenvalue weighted by Crippen LogP contribution is 2.49. The van der Waals surface area contributed by atoms with Gasteiger partial charge in [0.25, 0.3) is 0 Å². The van der Waals surface area contributed by atoms with Gasteiger partial charge in [0, 0.05) is 5.69 Å². The number of carbonyl (C=O) groups is 1. The Morgan fingerprint density at radius 1 is 0.625 bits per heavy atom. The lowest BCUT2D eigenvalue weighted by Crippen LogP contribution is -2.53. The molecule has 0 N–H and O–H groups in total. The molecule has 2 unspecified atom stereocenters. The maximum atomic E-state index is 13.3. The minimum atomic E-state index is -0.255. The molecule has 1 aliphatic rings. The van der Waals surface area contributed by atoms with Gasteiger partial charge in [-0.2, -0.15) is 0 Å². The lowest BCUT2D eigenvalue weighted by atomic mass is 9.77. The van der Waals surface area contributed by atoms with E-state index >= 15 is 0 Å². The Balaban J connectivity index is 1.45. The van der Waals surface area contributed by atoms with Crippen LogP contribution in [0.15, 0.2) is 109 Å². The van der Waals surface area contributed by atoms with Crippen molar-refractivity contribution in [1.29, 1.82) is 0 Å². The van der Waals surface area contributed by atoms with Crippen LogP contribution in [0.25, 0.3) is 0 Å². The molecular formula is C28H23NO3. The predicted octanol–water partition coefficient (Wildman–Crippen LogP) is 6.36. The van der Waals surface area contributed by atoms with Gasteiger partial charge in [-0.25, -0.2) is 0 Å². The van der Waals surface area contributed by atoms with E-state index in [0.717, 1.165) is 34.1 Å². The van der Waals surface area contributed by atoms with Gasteiger partial charge >= 0.3 is 0 Å². The number of ether oxygens (including phenoxy) is 2. The van der Waals surface area contributed by atoms with Crippen molar-refractivity contribution in [2.75, 3.05) is 12.0 Å². The van der Waals surface area contributed by atoms with E-state index < -0.39 is 0 Å². The molecule has 0 aliphatic carbocycles. The van der Waals surface area contributed by atoms with Crippen LogP contribution in [-0.2, 0) is 4.79 Å². The molecule has 4 aromatic rings. The molecule has 4 aromatic carbocycles. The van der Waals surface area contributed by atoms with Crippen molar-refractivity contribution in [2.24, 2.45) is 0 Å². The van der Waals surface area contributed by atoms with Crippen LogP contribution >= 0.6 is 0 Å². The fourth-order valence-electron chi connectivity index (χ4n) is 4.20. The molecule has 158 valence electrons. The fraction of sp³-hybridized carbons (Fsp3) is 0.107. The highest BCUT2D eigenvalue weighted by Gasteiger charge is 2.49. The predicted molar refractivity (Wildman–Crippen MR) is 125 cm³/mol. The van der Waals surface area contributed by atoms with Crippen LogP contribution < -0.4 is 14.4 Å². The van der Waals surface area contributed by atoms with Gasteiger partial charge in [-0.1, -0.05) is 60.7 Å². The second kappa shape index (κ2) is 8.60. The van der Waals surface area contributed by atoms with Crippen molar-refractivity contribution < 1.29 is 14.3 Å². The molecule has 1 fully saturated rings. The number of carbonyl (C=O) groups excluding carboxylic acids is 1. The normalized spacial score (nSPS) is 17.5. The van der Waals surface area contributed by atoms with E-state index in [4.69, 9.17) is 9.47 Å². The van der Waals surface area contributed by atoms with E-state index in [1.807, 2.05) is 114 Å². The first-order chi connectivity index (χ1) is 15.7. The zero-order chi connectivity index (χ0) is 21.9. The van der Waals surface area contributed by atoms with Crippen LogP contribution in [0, 0.1) is 0 Å². The summed E-state index contributed by atoms with van der Waals surface area (Å²) in [4.78, 5) is 15.2. The van der Waals surface area contributed by atoms with Crippen LogP contribution in [0.4, 0.5) is 5.69 Å². The van der Waals surface area contributed by atoms with E-state index in [9.17, 15) is 4.79 Å². The van der Waals surface area contributed by atoms with Crippen LogP contribution in [0.2, 0.25) is 0 Å². The first kappa shape index (κ1) is 19.9. The second-order valence-corrected chi connectivity index (χ2v) is 7.72. The average Bonchev–Trinajstić information content (AvgIpc) is 2.85. The SMILES string of the molecule is COc1ccc(C2C(c3ccc(Oc4ccccc4)cc3)C(=O)N2c2ccccc2)cc1. The van der Waals surface area contributed by atoms with Crippen molar-refractivity contribution in [3.8, 4) is 17.2 Å². The number of para-hydroxylation sites is 2. The van der Waals surface area contributed by atoms with Crippen molar-refractivity contribution in [3.63, 3.8) is 0 Å². The van der Waals surface area contributed by atoms with E-state index in [2.05, 4.69) is 0 Å². The average molecular weight is 421 g/mol. The van der Waals surface area contributed by atoms with E-state index in [-0.39, 0.29) is 17.9 Å². The number of methoxy groups -OCH3 is 1. The standard InChI is InChI=1S/C28H23NO3/c1-31-23-16-14-21(15-17-23)27-26(28(30)29(27)22-8-4-2-5-9-22)20-12-18-25(19-13-20)32-24-10-6-3-7-11-24/h2-19,26-27H,1H3. The fourth-order valence-corrected chi connectivity index (χ4v) is 4.20. The Labute approximate surface area is 187 Å². The quantitative estimate of drug-likeness (QED) is 0.340. The molecule has 1 heterocycles. The summed E-state index contributed by atoms with van der Waals surface area (Å²) in [5.41, 5.74) is 2.95. The van der Waals surface area contributed by atoms with Crippen LogP contribution in [-0.4, -0.2) is 13.0 Å². The Hall–Kier alpha value is -4.05. The number of β-lactam (4-membered cyclic amide) rings is 1. The smallest absolute Gasteiger partial charge is 0.237 e. The number of hydrogen-bond donors (Lipinski definition) is 0. The Morgan fingerprint density at radius 3 is 1.78 bits per heavy atom. The summed E-state index contributed by atoms with van der Waals surface area (Å²) in [6.07, 6.45) is 0. The minimum Gasteiger partial charge on any atom is -0.497 e. The summed E-state index contributed by atoms with van der Waals surface area (Å²) in [6.45, 7) is 0. The van der Waals surface area contributed by atoms with Gasteiger partial charge < -0.3 is 14.4 Å². The Kier molecular flexibility index (Phi) is 5.34. The number of anilines is 1. The summed E-state index contributed by atoms with van der Waals surface area (Å²) in [5.74, 6) is 2.16. The highest BCUT2D eigenvalue weighted by atomic mass is 16.5. The van der Waals surface area contributed by atoms with Gasteiger partial charge in [-0.05, 0) is 59.7 Å². The van der Waals surface area contributed by atoms with Gasteiger partial charge in [0.05, 0.1) is 19.1 Å². The third-order valence-electron chi connectivity index (χ3n) is 5.81. The maximum absolute atomic E-state index is 13.3. The minimum absolute atomic E-state index is 0.0864. The zero-order valence-electron chi connectivity index (χ0n) is 17.7. The largest absolute Gasteiger partial charge is 0.497 e. The molecule has 0 aromatic heterocycles. The third kappa shape index (κ3) is 3.71. The molecule has 2 atom stereocenters. The van der Waals surface area contributed by atoms with E-state index in [0.29, 0.717) is 0 Å². The van der Waals surface area contributed by atoms with Gasteiger partial charge in [0.2, 0.25) is 5.91 Å². The summed E-state index contributed by atoms with van der Waals surface area (Å²) >= 11 is 0. The first-order valence-corrected chi connectivity index (χ1v) is 10.6. The van der Waals surface area contributed by atoms with Gasteiger partial charge in [-0.15, -0.1) is 0 Å². The third-order valence-corrected chi connectivity index (χ3v) is 5.81. The van der Waals surface area contributed by atoms with Crippen molar-refractivity contribution in [3.05, 3.63) is 120 Å². The number of benzene rings is 4. The van der Waals surface area contributed by atoms with Gasteiger partial charge in [0.15, 0.2) is 0 Å². The van der Waals surface area contributed by atoms with Crippen molar-refractivity contribution in [1.82, 2.24) is 0 Å². The molecule has 32 heavy (non-hydrogen) atoms. The molecule has 1 amide bonds. The highest BCUT2D eigenvalue weighted by molar-refractivity contribution is 6.06. The zero-order valence-corrected chi connectivity index (χ0v) is 17.7. The summed E-state index contributed by atoms with van der Waals surface area (Å²) in [7, 11) is 1.65. The molecule has 1 saturated heterocycles. The molecule has 0 bridgehead atoms. The maximum Gasteiger partial charge on any atom is 0.237 e. The molecule has 0 spiro atoms. The monoisotopic (exact) mass is 421 g/mol. The van der Waals surface area contributed by atoms with Gasteiger partial charge in [-0.3, -0.25) is 4.79 Å². The molecule has 1 aliphatic heterocycles. The lowest BCUT2D eigenvalue weighted by Gasteiger charge is -2.47. The van der Waals surface area contributed by atoms with Crippen LogP contribution in [0.5, 0.6) is 17.2 Å². The molecule has 0 radical (unpaired) electrons. The first-order valence-electron chi connectivity index (χ1n) is 10.6. The topological polar surface area (TPSA) is 38.8 Å². The van der Waals surface area contributed by atoms with Crippen molar-refractivity contribution in [2.45, 2.75) is 12.0 Å². The molecule has 4 nitrogen and oxygen atoms in total. The summed E-state index contributed by atoms with van der Waals surface area (Å²) in [5, 5.41) is 0. The Morgan fingerprint density at radius 2 is 1.16 bits per heavy atom. The summed E-state index contributed by atoms with van der Waals surface area (Å²) < 4.78 is 11.2. The number of nitrogens with zero attached hydrogens (tertiary/aromatic N) is 1. The van der Waals surface area contributed by atoms with E-state index in [1.165, 1.54) is 0 Å². The summed E-state index contributed by atoms with van der Waals surface area (Å²) in [6, 6.07) is 35.2. The molecular weight excluding hydrogens is 398 g/mol. The van der Waals surface area contributed by atoms with Crippen molar-refractivity contribution >= 4 is 11.6 Å². The Bertz CT molecular complexity index is 1190. The lowest BCUT2D eigenvalue weighted by molar-refractivity contribution is -0.126. The second-order valence-electron chi connectivity index (χ2n) is 7.72. The molecule has 4 heteroatoms. The number of hydrogen-bond acceptors (Lipinski definition) is 3. The number of amides is 1. The molecule has 5 rings (SSSR count). The van der Waals surface area contributed by atoms with Crippen LogP contribution in [0.1, 0.15) is 23.1 Å². The van der Waals surface area contributed by atoms with Gasteiger partial charge in [0.1, 0.15) is 17.2 Å². The van der Waals surface area contributed by atoms with Crippen LogP contribution in [0.3, 0.4) is 0 Å². The van der Waals surface area contributed by atoms with E-state index in [1.54, 1.807) is 7.11 Å².